The number of morpholine rings is 1. The Hall–Kier alpha value is -0.450. The molecule has 1 saturated heterocycles. The summed E-state index contributed by atoms with van der Waals surface area (Å²) in [5.74, 6) is 0. The van der Waals surface area contributed by atoms with Crippen LogP contribution in [0.1, 0.15) is 30.9 Å². The molecule has 1 unspecified atom stereocenters. The van der Waals surface area contributed by atoms with E-state index in [1.54, 1.807) is 0 Å². The van der Waals surface area contributed by atoms with Gasteiger partial charge in [-0.25, -0.2) is 4.37 Å². The molecule has 0 amide bonds. The van der Waals surface area contributed by atoms with E-state index in [2.05, 4.69) is 15.1 Å². The molecular weight excluding hydrogens is 196 g/mol. The molecule has 2 fully saturated rings. The standard InChI is InChI=1S/C10H14N2OS/c1-2-10(3-1)9(11-4-5-13-10)8-6-12-14-7-8/h6-7,9,11H,1-5H2. The monoisotopic (exact) mass is 210 g/mol. The zero-order chi connectivity index (χ0) is 9.43. The van der Waals surface area contributed by atoms with Gasteiger partial charge in [0.25, 0.3) is 0 Å². The van der Waals surface area contributed by atoms with Crippen molar-refractivity contribution in [1.82, 2.24) is 9.69 Å². The molecule has 3 rings (SSSR count). The first kappa shape index (κ1) is 8.83. The van der Waals surface area contributed by atoms with Gasteiger partial charge in [0.1, 0.15) is 0 Å². The van der Waals surface area contributed by atoms with Crippen molar-refractivity contribution in [2.45, 2.75) is 30.9 Å². The third-order valence-corrected chi connectivity index (χ3v) is 3.96. The Morgan fingerprint density at radius 3 is 3.14 bits per heavy atom. The van der Waals surface area contributed by atoms with Crippen LogP contribution in [-0.2, 0) is 4.74 Å². The van der Waals surface area contributed by atoms with Crippen LogP contribution in [-0.4, -0.2) is 23.1 Å². The van der Waals surface area contributed by atoms with Crippen LogP contribution in [0.5, 0.6) is 0 Å². The molecule has 2 heterocycles. The zero-order valence-corrected chi connectivity index (χ0v) is 8.85. The number of nitrogens with one attached hydrogen (secondary N) is 1. The number of nitrogens with zero attached hydrogens (tertiary/aromatic N) is 1. The third kappa shape index (κ3) is 1.21. The Morgan fingerprint density at radius 1 is 1.57 bits per heavy atom. The van der Waals surface area contributed by atoms with E-state index < -0.39 is 0 Å². The fourth-order valence-corrected chi connectivity index (χ4v) is 3.02. The van der Waals surface area contributed by atoms with Gasteiger partial charge in [-0.3, -0.25) is 0 Å². The average molecular weight is 210 g/mol. The highest BCUT2D eigenvalue weighted by molar-refractivity contribution is 7.03. The molecule has 1 aliphatic heterocycles. The molecule has 76 valence electrons. The van der Waals surface area contributed by atoms with Crippen LogP contribution in [0, 0.1) is 0 Å². The fourth-order valence-electron chi connectivity index (χ4n) is 2.46. The molecule has 2 aliphatic rings. The van der Waals surface area contributed by atoms with E-state index >= 15 is 0 Å². The lowest BCUT2D eigenvalue weighted by Gasteiger charge is -2.50. The van der Waals surface area contributed by atoms with Crippen molar-refractivity contribution >= 4 is 11.5 Å². The smallest absolute Gasteiger partial charge is 0.0877 e. The predicted molar refractivity (Wildman–Crippen MR) is 55.4 cm³/mol. The van der Waals surface area contributed by atoms with Crippen molar-refractivity contribution in [3.05, 3.63) is 17.1 Å². The molecule has 4 heteroatoms. The van der Waals surface area contributed by atoms with E-state index in [-0.39, 0.29) is 5.60 Å². The van der Waals surface area contributed by atoms with Crippen molar-refractivity contribution in [2.75, 3.05) is 13.2 Å². The maximum atomic E-state index is 5.95. The molecule has 14 heavy (non-hydrogen) atoms. The summed E-state index contributed by atoms with van der Waals surface area (Å²) in [5, 5.41) is 5.69. The van der Waals surface area contributed by atoms with E-state index in [1.807, 2.05) is 6.20 Å². The number of rotatable bonds is 1. The minimum Gasteiger partial charge on any atom is -0.372 e. The lowest BCUT2D eigenvalue weighted by molar-refractivity contribution is -0.146. The number of aromatic nitrogens is 1. The molecule has 0 bridgehead atoms. The van der Waals surface area contributed by atoms with Crippen LogP contribution in [0.25, 0.3) is 0 Å². The summed E-state index contributed by atoms with van der Waals surface area (Å²) in [6.45, 7) is 1.82. The highest BCUT2D eigenvalue weighted by atomic mass is 32.1. The molecule has 1 atom stereocenters. The molecule has 1 spiro atoms. The van der Waals surface area contributed by atoms with Crippen molar-refractivity contribution in [3.8, 4) is 0 Å². The van der Waals surface area contributed by atoms with E-state index in [1.165, 1.54) is 36.4 Å². The normalized spacial score (nSPS) is 30.1. The number of hydrogen-bond acceptors (Lipinski definition) is 4. The predicted octanol–water partition coefficient (Wildman–Crippen LogP) is 1.73. The van der Waals surface area contributed by atoms with Crippen molar-refractivity contribution in [1.29, 1.82) is 0 Å². The maximum absolute atomic E-state index is 5.95. The second kappa shape index (κ2) is 3.29. The van der Waals surface area contributed by atoms with Crippen LogP contribution in [0.3, 0.4) is 0 Å². The van der Waals surface area contributed by atoms with Gasteiger partial charge in [-0.05, 0) is 30.8 Å². The molecule has 1 saturated carbocycles. The first-order chi connectivity index (χ1) is 6.91. The Labute approximate surface area is 87.6 Å². The highest BCUT2D eigenvalue weighted by Crippen LogP contribution is 2.46. The topological polar surface area (TPSA) is 34.2 Å². The minimum absolute atomic E-state index is 0.0982. The number of ether oxygens (including phenoxy) is 1. The van der Waals surface area contributed by atoms with Gasteiger partial charge in [0.05, 0.1) is 18.2 Å². The van der Waals surface area contributed by atoms with Crippen molar-refractivity contribution < 1.29 is 4.74 Å². The Kier molecular flexibility index (Phi) is 2.08. The molecule has 1 aromatic heterocycles. The molecule has 0 radical (unpaired) electrons. The molecule has 0 aromatic carbocycles. The number of hydrogen-bond donors (Lipinski definition) is 1. The maximum Gasteiger partial charge on any atom is 0.0877 e. The quantitative estimate of drug-likeness (QED) is 0.766. The molecule has 1 aromatic rings. The zero-order valence-electron chi connectivity index (χ0n) is 8.03. The largest absolute Gasteiger partial charge is 0.372 e. The van der Waals surface area contributed by atoms with Crippen LogP contribution < -0.4 is 5.32 Å². The molecule has 1 N–H and O–H groups in total. The van der Waals surface area contributed by atoms with Crippen molar-refractivity contribution in [2.24, 2.45) is 0 Å². The van der Waals surface area contributed by atoms with Gasteiger partial charge in [-0.15, -0.1) is 0 Å². The van der Waals surface area contributed by atoms with Gasteiger partial charge < -0.3 is 10.1 Å². The van der Waals surface area contributed by atoms with E-state index in [4.69, 9.17) is 4.74 Å². The van der Waals surface area contributed by atoms with Crippen LogP contribution in [0.2, 0.25) is 0 Å². The van der Waals surface area contributed by atoms with Gasteiger partial charge in [0.15, 0.2) is 0 Å². The molecular formula is C10H14N2OS. The summed E-state index contributed by atoms with van der Waals surface area (Å²) in [4.78, 5) is 0. The summed E-state index contributed by atoms with van der Waals surface area (Å²) in [6.07, 6.45) is 5.66. The van der Waals surface area contributed by atoms with E-state index in [9.17, 15) is 0 Å². The summed E-state index contributed by atoms with van der Waals surface area (Å²) >= 11 is 1.52. The average Bonchev–Trinajstić information content (AvgIpc) is 2.68. The van der Waals surface area contributed by atoms with Crippen LogP contribution in [0.4, 0.5) is 0 Å². The van der Waals surface area contributed by atoms with Crippen LogP contribution in [0.15, 0.2) is 11.6 Å². The second-order valence-electron chi connectivity index (χ2n) is 4.11. The Balaban J connectivity index is 1.88. The van der Waals surface area contributed by atoms with Crippen LogP contribution >= 0.6 is 11.5 Å². The first-order valence-electron chi connectivity index (χ1n) is 5.17. The highest BCUT2D eigenvalue weighted by Gasteiger charge is 2.47. The second-order valence-corrected chi connectivity index (χ2v) is 4.77. The molecule has 1 aliphatic carbocycles. The van der Waals surface area contributed by atoms with Gasteiger partial charge >= 0.3 is 0 Å². The van der Waals surface area contributed by atoms with Crippen molar-refractivity contribution in [3.63, 3.8) is 0 Å². The third-order valence-electron chi connectivity index (χ3n) is 3.35. The SMILES string of the molecule is c1nscc1C1NCCOC12CCC2. The van der Waals surface area contributed by atoms with Gasteiger partial charge in [0.2, 0.25) is 0 Å². The van der Waals surface area contributed by atoms with Gasteiger partial charge in [-0.2, -0.15) is 0 Å². The lowest BCUT2D eigenvalue weighted by atomic mass is 9.72. The summed E-state index contributed by atoms with van der Waals surface area (Å²) in [7, 11) is 0. The summed E-state index contributed by atoms with van der Waals surface area (Å²) < 4.78 is 10.1. The Morgan fingerprint density at radius 2 is 2.50 bits per heavy atom. The lowest BCUT2D eigenvalue weighted by Crippen LogP contribution is -2.56. The van der Waals surface area contributed by atoms with Gasteiger partial charge in [0, 0.05) is 23.7 Å². The summed E-state index contributed by atoms with van der Waals surface area (Å²) in [5.41, 5.74) is 1.40. The summed E-state index contributed by atoms with van der Waals surface area (Å²) in [6, 6.07) is 0.378. The van der Waals surface area contributed by atoms with Gasteiger partial charge in [-0.1, -0.05) is 0 Å². The Bertz CT molecular complexity index is 308. The fraction of sp³-hybridized carbons (Fsp3) is 0.700. The van der Waals surface area contributed by atoms with E-state index in [0.29, 0.717) is 6.04 Å². The molecule has 3 nitrogen and oxygen atoms in total. The minimum atomic E-state index is 0.0982. The first-order valence-corrected chi connectivity index (χ1v) is 6.01. The van der Waals surface area contributed by atoms with E-state index in [0.717, 1.165) is 13.2 Å².